The summed E-state index contributed by atoms with van der Waals surface area (Å²) in [7, 11) is 0. The number of hydrogen-bond acceptors (Lipinski definition) is 4. The van der Waals surface area contributed by atoms with Crippen LogP contribution in [-0.2, 0) is 13.0 Å². The van der Waals surface area contributed by atoms with Gasteiger partial charge in [0.25, 0.3) is 0 Å². The van der Waals surface area contributed by atoms with Crippen LogP contribution in [0.2, 0.25) is 0 Å². The minimum Gasteiger partial charge on any atom is -0.487 e. The summed E-state index contributed by atoms with van der Waals surface area (Å²) in [6, 6.07) is 24.9. The third kappa shape index (κ3) is 4.01. The maximum atomic E-state index is 11.9. The molecule has 0 saturated heterocycles. The molecule has 0 unspecified atom stereocenters. The molecule has 0 fully saturated rings. The Morgan fingerprint density at radius 1 is 1.00 bits per heavy atom. The molecule has 0 spiro atoms. The number of carbonyl (C=O) groups is 1. The van der Waals surface area contributed by atoms with E-state index >= 15 is 0 Å². The highest BCUT2D eigenvalue weighted by Gasteiger charge is 2.23. The van der Waals surface area contributed by atoms with Crippen LogP contribution in [0.5, 0.6) is 5.75 Å². The number of rotatable bonds is 6. The molecule has 0 bridgehead atoms. The van der Waals surface area contributed by atoms with Crippen LogP contribution in [0.3, 0.4) is 0 Å². The molecule has 0 amide bonds. The summed E-state index contributed by atoms with van der Waals surface area (Å²) < 4.78 is 6.14. The van der Waals surface area contributed by atoms with Crippen LogP contribution in [-0.4, -0.2) is 16.1 Å². The maximum absolute atomic E-state index is 11.9. The molecule has 0 aliphatic rings. The minimum atomic E-state index is -1.28. The van der Waals surface area contributed by atoms with Gasteiger partial charge in [-0.05, 0) is 29.2 Å². The summed E-state index contributed by atoms with van der Waals surface area (Å²) in [4.78, 5) is 16.2. The van der Waals surface area contributed by atoms with E-state index in [1.165, 1.54) is 0 Å². The second kappa shape index (κ2) is 9.04. The van der Waals surface area contributed by atoms with E-state index < -0.39 is 5.97 Å². The van der Waals surface area contributed by atoms with Gasteiger partial charge in [-0.15, -0.1) is 6.42 Å². The first-order valence-electron chi connectivity index (χ1n) is 9.92. The lowest BCUT2D eigenvalue weighted by molar-refractivity contribution is 0.0690. The topological polar surface area (TPSA) is 83.2 Å². The zero-order chi connectivity index (χ0) is 22.5. The Labute approximate surface area is 185 Å². The van der Waals surface area contributed by atoms with Crippen LogP contribution in [0.1, 0.15) is 38.3 Å². The summed E-state index contributed by atoms with van der Waals surface area (Å²) in [5.41, 5.74) is 3.07. The molecule has 1 aromatic heterocycles. The summed E-state index contributed by atoms with van der Waals surface area (Å²) in [6.45, 7) is 0.190. The smallest absolute Gasteiger partial charge is 0.355 e. The Bertz CT molecular complexity index is 1380. The van der Waals surface area contributed by atoms with Crippen LogP contribution in [0, 0.1) is 23.7 Å². The van der Waals surface area contributed by atoms with Crippen molar-refractivity contribution in [3.63, 3.8) is 0 Å². The average Bonchev–Trinajstić information content (AvgIpc) is 2.83. The van der Waals surface area contributed by atoms with Gasteiger partial charge in [-0.25, -0.2) is 9.78 Å². The van der Waals surface area contributed by atoms with Gasteiger partial charge in [0.1, 0.15) is 24.0 Å². The van der Waals surface area contributed by atoms with Gasteiger partial charge in [-0.1, -0.05) is 72.7 Å². The summed E-state index contributed by atoms with van der Waals surface area (Å²) in [5, 5.41) is 19.9. The maximum Gasteiger partial charge on any atom is 0.355 e. The summed E-state index contributed by atoms with van der Waals surface area (Å²) in [6.07, 6.45) is 6.27. The third-order valence-corrected chi connectivity index (χ3v) is 5.11. The first-order valence-corrected chi connectivity index (χ1v) is 9.92. The van der Waals surface area contributed by atoms with Crippen molar-refractivity contribution in [3.05, 3.63) is 106 Å². The highest BCUT2D eigenvalue weighted by molar-refractivity contribution is 6.00. The van der Waals surface area contributed by atoms with Crippen molar-refractivity contribution < 1.29 is 14.6 Å². The Kier molecular flexibility index (Phi) is 5.83. The van der Waals surface area contributed by atoms with Gasteiger partial charge >= 0.3 is 5.97 Å². The number of aromatic nitrogens is 1. The van der Waals surface area contributed by atoms with Crippen molar-refractivity contribution >= 4 is 16.9 Å². The van der Waals surface area contributed by atoms with E-state index in [1.807, 2.05) is 66.7 Å². The Morgan fingerprint density at radius 2 is 1.66 bits per heavy atom. The molecule has 0 radical (unpaired) electrons. The quantitative estimate of drug-likeness (QED) is 0.448. The monoisotopic (exact) mass is 418 g/mol. The first-order chi connectivity index (χ1) is 15.6. The van der Waals surface area contributed by atoms with Gasteiger partial charge in [0.05, 0.1) is 11.1 Å². The Hall–Kier alpha value is -4.61. The molecule has 0 atom stereocenters. The minimum absolute atomic E-state index is 0.0605. The second-order valence-electron chi connectivity index (χ2n) is 7.16. The molecule has 32 heavy (non-hydrogen) atoms. The lowest BCUT2D eigenvalue weighted by Crippen LogP contribution is -2.10. The van der Waals surface area contributed by atoms with Crippen molar-refractivity contribution in [3.8, 4) is 24.2 Å². The van der Waals surface area contributed by atoms with Crippen molar-refractivity contribution in [1.29, 1.82) is 5.26 Å². The van der Waals surface area contributed by atoms with Crippen LogP contribution >= 0.6 is 0 Å². The predicted octanol–water partition coefficient (Wildman–Crippen LogP) is 4.96. The molecule has 4 aromatic rings. The van der Waals surface area contributed by atoms with E-state index in [4.69, 9.17) is 11.2 Å². The average molecular weight is 418 g/mol. The van der Waals surface area contributed by atoms with E-state index in [-0.39, 0.29) is 34.7 Å². The number of nitrogens with zero attached hydrogens (tertiary/aromatic N) is 2. The largest absolute Gasteiger partial charge is 0.487 e. The highest BCUT2D eigenvalue weighted by Crippen LogP contribution is 2.36. The zero-order valence-corrected chi connectivity index (χ0v) is 17.1. The molecular formula is C27H18N2O3. The van der Waals surface area contributed by atoms with Crippen LogP contribution < -0.4 is 4.74 Å². The van der Waals surface area contributed by atoms with Gasteiger partial charge in [0.2, 0.25) is 0 Å². The number of pyridine rings is 1. The van der Waals surface area contributed by atoms with Crippen molar-refractivity contribution in [2.24, 2.45) is 0 Å². The van der Waals surface area contributed by atoms with E-state index in [2.05, 4.69) is 17.0 Å². The summed E-state index contributed by atoms with van der Waals surface area (Å²) >= 11 is 0. The SMILES string of the molecule is C#Cc1c(C(=O)O)nc2c(C#N)ccc(Cc3ccccc3)c2c1OCc1ccccc1. The van der Waals surface area contributed by atoms with Gasteiger partial charge < -0.3 is 9.84 Å². The normalized spacial score (nSPS) is 10.3. The fourth-order valence-corrected chi connectivity index (χ4v) is 3.62. The Balaban J connectivity index is 1.98. The van der Waals surface area contributed by atoms with Gasteiger partial charge in [0, 0.05) is 5.39 Å². The van der Waals surface area contributed by atoms with Crippen molar-refractivity contribution in [2.45, 2.75) is 13.0 Å². The van der Waals surface area contributed by atoms with Crippen LogP contribution in [0.25, 0.3) is 10.9 Å². The molecule has 0 saturated carbocycles. The number of fused-ring (bicyclic) bond motifs is 1. The molecule has 5 heteroatoms. The van der Waals surface area contributed by atoms with E-state index in [0.717, 1.165) is 16.7 Å². The lowest BCUT2D eigenvalue weighted by Gasteiger charge is -2.17. The van der Waals surface area contributed by atoms with E-state index in [0.29, 0.717) is 11.8 Å². The summed E-state index contributed by atoms with van der Waals surface area (Å²) in [5.74, 6) is 1.43. The second-order valence-corrected chi connectivity index (χ2v) is 7.16. The number of ether oxygens (including phenoxy) is 1. The molecule has 1 N–H and O–H groups in total. The van der Waals surface area contributed by atoms with Gasteiger partial charge in [0.15, 0.2) is 5.69 Å². The number of terminal acetylenes is 1. The standard InChI is InChI=1S/C27H18N2O3/c1-2-22-25(27(30)31)29-24-21(16-28)14-13-20(15-18-9-5-3-6-10-18)23(24)26(22)32-17-19-11-7-4-8-12-19/h1,3-14H,15,17H2,(H,30,31). The molecule has 1 heterocycles. The zero-order valence-electron chi connectivity index (χ0n) is 17.1. The number of carboxylic acids is 1. The van der Waals surface area contributed by atoms with Gasteiger partial charge in [-0.3, -0.25) is 0 Å². The van der Waals surface area contributed by atoms with Crippen molar-refractivity contribution in [2.75, 3.05) is 0 Å². The number of carboxylic acid groups (broad SMARTS) is 1. The molecular weight excluding hydrogens is 400 g/mol. The molecule has 3 aromatic carbocycles. The number of aromatic carboxylic acids is 1. The fourth-order valence-electron chi connectivity index (χ4n) is 3.62. The van der Waals surface area contributed by atoms with E-state index in [1.54, 1.807) is 6.07 Å². The number of nitriles is 1. The first kappa shape index (κ1) is 20.7. The highest BCUT2D eigenvalue weighted by atomic mass is 16.5. The lowest BCUT2D eigenvalue weighted by atomic mass is 9.95. The molecule has 0 aliphatic heterocycles. The van der Waals surface area contributed by atoms with Gasteiger partial charge in [-0.2, -0.15) is 5.26 Å². The van der Waals surface area contributed by atoms with Crippen molar-refractivity contribution in [1.82, 2.24) is 4.98 Å². The molecule has 4 rings (SSSR count). The fraction of sp³-hybridized carbons (Fsp3) is 0.0741. The molecule has 5 nitrogen and oxygen atoms in total. The third-order valence-electron chi connectivity index (χ3n) is 5.11. The molecule has 0 aliphatic carbocycles. The number of benzene rings is 3. The van der Waals surface area contributed by atoms with Crippen LogP contribution in [0.15, 0.2) is 72.8 Å². The van der Waals surface area contributed by atoms with E-state index in [9.17, 15) is 15.2 Å². The molecule has 154 valence electrons. The number of hydrogen-bond donors (Lipinski definition) is 1. The predicted molar refractivity (Wildman–Crippen MR) is 121 cm³/mol. The van der Waals surface area contributed by atoms with Crippen LogP contribution in [0.4, 0.5) is 0 Å². The Morgan fingerprint density at radius 3 is 2.25 bits per heavy atom.